The maximum absolute atomic E-state index is 12.9. The molecule has 1 heterocycles. The highest BCUT2D eigenvalue weighted by atomic mass is 16.7. The normalized spacial score (nSPS) is 19.8. The number of aliphatic carboxylic acids is 1. The van der Waals surface area contributed by atoms with Gasteiger partial charge in [0.05, 0.1) is 26.7 Å². The first-order chi connectivity index (χ1) is 17.0. The third-order valence-electron chi connectivity index (χ3n) is 6.74. The number of hydrogen-bond acceptors (Lipinski definition) is 6. The minimum absolute atomic E-state index is 0.123. The zero-order valence-electron chi connectivity index (χ0n) is 19.9. The molecular weight excluding hydrogens is 448 g/mol. The molecule has 5 rings (SSSR count). The summed E-state index contributed by atoms with van der Waals surface area (Å²) in [7, 11) is 3.19. The van der Waals surface area contributed by atoms with E-state index in [4.69, 9.17) is 23.7 Å². The first-order valence-corrected chi connectivity index (χ1v) is 11.7. The van der Waals surface area contributed by atoms with Crippen LogP contribution in [0.5, 0.6) is 28.7 Å². The zero-order chi connectivity index (χ0) is 24.5. The van der Waals surface area contributed by atoms with E-state index in [0.29, 0.717) is 29.6 Å². The minimum Gasteiger partial charge on any atom is -0.497 e. The summed E-state index contributed by atoms with van der Waals surface area (Å²) in [5.74, 6) is 0.681. The number of hydrogen-bond donors (Lipinski definition) is 1. The molecule has 0 aromatic heterocycles. The Morgan fingerprint density at radius 2 is 1.60 bits per heavy atom. The Bertz CT molecular complexity index is 1230. The molecule has 35 heavy (non-hydrogen) atoms. The van der Waals surface area contributed by atoms with Gasteiger partial charge in [-0.3, -0.25) is 4.79 Å². The maximum Gasteiger partial charge on any atom is 0.308 e. The molecule has 7 heteroatoms. The molecule has 0 amide bonds. The van der Waals surface area contributed by atoms with E-state index in [0.717, 1.165) is 34.4 Å². The average molecular weight is 477 g/mol. The van der Waals surface area contributed by atoms with Crippen LogP contribution in [0, 0.1) is 5.92 Å². The molecule has 7 nitrogen and oxygen atoms in total. The largest absolute Gasteiger partial charge is 0.497 e. The highest BCUT2D eigenvalue weighted by molar-refractivity contribution is 5.78. The summed E-state index contributed by atoms with van der Waals surface area (Å²) in [5.41, 5.74) is 3.51. The highest BCUT2D eigenvalue weighted by Crippen LogP contribution is 2.56. The van der Waals surface area contributed by atoms with Gasteiger partial charge in [0.1, 0.15) is 17.2 Å². The number of rotatable bonds is 8. The number of carboxylic acids is 1. The van der Waals surface area contributed by atoms with Crippen LogP contribution in [0.4, 0.5) is 0 Å². The first kappa shape index (κ1) is 22.9. The van der Waals surface area contributed by atoms with Gasteiger partial charge in [-0.05, 0) is 53.4 Å². The third kappa shape index (κ3) is 4.01. The lowest BCUT2D eigenvalue weighted by Crippen LogP contribution is -2.24. The van der Waals surface area contributed by atoms with Crippen molar-refractivity contribution in [3.05, 3.63) is 76.9 Å². The number of carbonyl (C=O) groups is 1. The molecule has 3 aromatic rings. The first-order valence-electron chi connectivity index (χ1n) is 11.7. The van der Waals surface area contributed by atoms with Crippen LogP contribution in [-0.2, 0) is 4.79 Å². The molecule has 2 aliphatic rings. The molecule has 0 radical (unpaired) electrons. The molecule has 0 saturated carbocycles. The van der Waals surface area contributed by atoms with Crippen molar-refractivity contribution >= 4 is 5.97 Å². The van der Waals surface area contributed by atoms with Gasteiger partial charge < -0.3 is 28.8 Å². The Morgan fingerprint density at radius 3 is 2.26 bits per heavy atom. The summed E-state index contributed by atoms with van der Waals surface area (Å²) in [6.45, 7) is 2.77. The van der Waals surface area contributed by atoms with Gasteiger partial charge in [-0.2, -0.15) is 0 Å². The average Bonchev–Trinajstić information content (AvgIpc) is 3.48. The Balaban J connectivity index is 1.70. The standard InChI is InChI=1S/C28H28O7/c1-4-11-33-18-9-10-19-20(12-18)25(16-5-7-17(31-2)8-6-16)27(28(29)30)26(19)21-13-23-24(35-15-34-23)14-22(21)32-3/h5-10,12-14,25-27H,4,11,15H2,1-3H3,(H,29,30). The van der Waals surface area contributed by atoms with Gasteiger partial charge >= 0.3 is 5.97 Å². The molecule has 182 valence electrons. The number of methoxy groups -OCH3 is 2. The monoisotopic (exact) mass is 476 g/mol. The lowest BCUT2D eigenvalue weighted by molar-refractivity contribution is -0.142. The fourth-order valence-electron chi connectivity index (χ4n) is 5.20. The lowest BCUT2D eigenvalue weighted by atomic mass is 9.79. The van der Waals surface area contributed by atoms with Crippen LogP contribution >= 0.6 is 0 Å². The van der Waals surface area contributed by atoms with Gasteiger partial charge in [0.25, 0.3) is 0 Å². The van der Waals surface area contributed by atoms with E-state index >= 15 is 0 Å². The molecule has 1 N–H and O–H groups in total. The smallest absolute Gasteiger partial charge is 0.308 e. The fourth-order valence-corrected chi connectivity index (χ4v) is 5.20. The molecule has 0 bridgehead atoms. The van der Waals surface area contributed by atoms with Gasteiger partial charge in [0.15, 0.2) is 11.5 Å². The second-order valence-electron chi connectivity index (χ2n) is 8.68. The van der Waals surface area contributed by atoms with Crippen LogP contribution in [0.25, 0.3) is 0 Å². The fraction of sp³-hybridized carbons (Fsp3) is 0.321. The quantitative estimate of drug-likeness (QED) is 0.478. The second kappa shape index (κ2) is 9.41. The second-order valence-corrected chi connectivity index (χ2v) is 8.68. The van der Waals surface area contributed by atoms with E-state index in [1.807, 2.05) is 48.5 Å². The Labute approximate surface area is 204 Å². The van der Waals surface area contributed by atoms with E-state index in [9.17, 15) is 9.90 Å². The lowest BCUT2D eigenvalue weighted by Gasteiger charge is -2.24. The van der Waals surface area contributed by atoms with Crippen molar-refractivity contribution in [1.29, 1.82) is 0 Å². The predicted molar refractivity (Wildman–Crippen MR) is 129 cm³/mol. The molecule has 3 unspecified atom stereocenters. The number of fused-ring (bicyclic) bond motifs is 2. The Hall–Kier alpha value is -3.87. The summed E-state index contributed by atoms with van der Waals surface area (Å²) >= 11 is 0. The topological polar surface area (TPSA) is 83.5 Å². The van der Waals surface area contributed by atoms with Crippen LogP contribution in [0.2, 0.25) is 0 Å². The van der Waals surface area contributed by atoms with Crippen LogP contribution in [0.15, 0.2) is 54.6 Å². The Morgan fingerprint density at radius 1 is 0.886 bits per heavy atom. The van der Waals surface area contributed by atoms with Crippen LogP contribution in [0.1, 0.15) is 47.4 Å². The van der Waals surface area contributed by atoms with E-state index in [1.54, 1.807) is 20.3 Å². The molecule has 0 saturated heterocycles. The Kier molecular flexibility index (Phi) is 6.16. The van der Waals surface area contributed by atoms with Gasteiger partial charge in [-0.15, -0.1) is 0 Å². The SMILES string of the molecule is CCCOc1ccc2c(c1)C(c1ccc(OC)cc1)C(C(=O)O)C2c1cc2c(cc1OC)OCO2. The van der Waals surface area contributed by atoms with Crippen molar-refractivity contribution < 1.29 is 33.6 Å². The van der Waals surface area contributed by atoms with Gasteiger partial charge in [-0.25, -0.2) is 0 Å². The summed E-state index contributed by atoms with van der Waals surface area (Å²) in [5, 5.41) is 10.6. The third-order valence-corrected chi connectivity index (χ3v) is 6.74. The zero-order valence-corrected chi connectivity index (χ0v) is 19.9. The van der Waals surface area contributed by atoms with Gasteiger partial charge in [0.2, 0.25) is 6.79 Å². The van der Waals surface area contributed by atoms with Crippen LogP contribution in [-0.4, -0.2) is 38.7 Å². The molecule has 3 atom stereocenters. The van der Waals surface area contributed by atoms with Crippen molar-refractivity contribution in [2.24, 2.45) is 5.92 Å². The van der Waals surface area contributed by atoms with E-state index < -0.39 is 23.7 Å². The van der Waals surface area contributed by atoms with Gasteiger partial charge in [-0.1, -0.05) is 25.1 Å². The van der Waals surface area contributed by atoms with Crippen LogP contribution in [0.3, 0.4) is 0 Å². The summed E-state index contributed by atoms with van der Waals surface area (Å²) in [4.78, 5) is 12.9. The molecule has 1 aliphatic heterocycles. The minimum atomic E-state index is -0.886. The van der Waals surface area contributed by atoms with E-state index in [1.165, 1.54) is 0 Å². The van der Waals surface area contributed by atoms with Gasteiger partial charge in [0, 0.05) is 23.5 Å². The molecule has 0 fully saturated rings. The van der Waals surface area contributed by atoms with Crippen molar-refractivity contribution in [3.63, 3.8) is 0 Å². The number of carboxylic acid groups (broad SMARTS) is 1. The predicted octanol–water partition coefficient (Wildman–Crippen LogP) is 5.20. The maximum atomic E-state index is 12.9. The molecular formula is C28H28O7. The van der Waals surface area contributed by atoms with Crippen molar-refractivity contribution in [3.8, 4) is 28.7 Å². The summed E-state index contributed by atoms with van der Waals surface area (Å²) < 4.78 is 28.1. The van der Waals surface area contributed by atoms with Crippen molar-refractivity contribution in [2.45, 2.75) is 25.2 Å². The number of benzene rings is 3. The van der Waals surface area contributed by atoms with E-state index in [2.05, 4.69) is 6.92 Å². The molecule has 3 aromatic carbocycles. The number of ether oxygens (including phenoxy) is 5. The highest BCUT2D eigenvalue weighted by Gasteiger charge is 2.48. The van der Waals surface area contributed by atoms with Crippen molar-refractivity contribution in [2.75, 3.05) is 27.6 Å². The van der Waals surface area contributed by atoms with Crippen molar-refractivity contribution in [1.82, 2.24) is 0 Å². The van der Waals surface area contributed by atoms with Crippen LogP contribution < -0.4 is 23.7 Å². The summed E-state index contributed by atoms with van der Waals surface area (Å²) in [6.07, 6.45) is 0.883. The van der Waals surface area contributed by atoms with E-state index in [-0.39, 0.29) is 6.79 Å². The molecule has 1 aliphatic carbocycles. The summed E-state index contributed by atoms with van der Waals surface area (Å²) in [6, 6.07) is 17.1. The molecule has 0 spiro atoms.